The van der Waals surface area contributed by atoms with Crippen LogP contribution in [0.1, 0.15) is 67.8 Å². The molecule has 1 atom stereocenters. The van der Waals surface area contributed by atoms with E-state index >= 15 is 0 Å². The Morgan fingerprint density at radius 3 is 2.75 bits per heavy atom. The lowest BCUT2D eigenvalue weighted by Crippen LogP contribution is -2.16. The minimum atomic E-state index is -4.47. The van der Waals surface area contributed by atoms with Gasteiger partial charge in [-0.15, -0.1) is 0 Å². The van der Waals surface area contributed by atoms with Gasteiger partial charge in [0, 0.05) is 23.1 Å². The fraction of sp³-hybridized carbons (Fsp3) is 0.429. The number of halogens is 3. The van der Waals surface area contributed by atoms with Crippen molar-refractivity contribution in [2.24, 2.45) is 0 Å². The largest absolute Gasteiger partial charge is 0.433 e. The molecule has 2 aromatic heterocycles. The summed E-state index contributed by atoms with van der Waals surface area (Å²) in [7, 11) is 0. The predicted molar refractivity (Wildman–Crippen MR) is 102 cm³/mol. The smallest absolute Gasteiger partial charge is 0.362 e. The highest BCUT2D eigenvalue weighted by atomic mass is 19.4. The van der Waals surface area contributed by atoms with Gasteiger partial charge in [-0.25, -0.2) is 9.50 Å². The number of fused-ring (bicyclic) bond motifs is 1. The summed E-state index contributed by atoms with van der Waals surface area (Å²) < 4.78 is 41.3. The molecule has 4 nitrogen and oxygen atoms in total. The number of allylic oxidation sites excluding steroid dienone is 3. The maximum Gasteiger partial charge on any atom is 0.433 e. The van der Waals surface area contributed by atoms with Gasteiger partial charge in [0.05, 0.1) is 11.2 Å². The van der Waals surface area contributed by atoms with Gasteiger partial charge >= 0.3 is 6.18 Å². The predicted octanol–water partition coefficient (Wildman–Crippen LogP) is 5.46. The van der Waals surface area contributed by atoms with Crippen LogP contribution in [0.4, 0.5) is 13.2 Å². The Kier molecular flexibility index (Phi) is 4.77. The highest BCUT2D eigenvalue weighted by Crippen LogP contribution is 2.44. The van der Waals surface area contributed by atoms with E-state index < -0.39 is 11.9 Å². The zero-order chi connectivity index (χ0) is 19.9. The van der Waals surface area contributed by atoms with Gasteiger partial charge in [0.25, 0.3) is 0 Å². The van der Waals surface area contributed by atoms with Crippen LogP contribution in [0.2, 0.25) is 0 Å². The van der Waals surface area contributed by atoms with Crippen molar-refractivity contribution in [2.75, 3.05) is 0 Å². The number of nitrogens with zero attached hydrogens (tertiary/aromatic N) is 3. The van der Waals surface area contributed by atoms with Gasteiger partial charge in [0.1, 0.15) is 12.0 Å². The van der Waals surface area contributed by atoms with Crippen molar-refractivity contribution in [1.82, 2.24) is 19.9 Å². The Morgan fingerprint density at radius 1 is 1.36 bits per heavy atom. The first-order valence-corrected chi connectivity index (χ1v) is 9.66. The molecule has 0 spiro atoms. The van der Waals surface area contributed by atoms with Gasteiger partial charge in [-0.05, 0) is 43.5 Å². The first-order valence-electron chi connectivity index (χ1n) is 9.66. The molecule has 1 saturated carbocycles. The van der Waals surface area contributed by atoms with Crippen LogP contribution in [0.5, 0.6) is 0 Å². The average Bonchev–Trinajstić information content (AvgIpc) is 2.98. The van der Waals surface area contributed by atoms with Crippen molar-refractivity contribution in [2.45, 2.75) is 57.0 Å². The lowest BCUT2D eigenvalue weighted by molar-refractivity contribution is -0.141. The molecule has 0 bridgehead atoms. The van der Waals surface area contributed by atoms with Crippen LogP contribution in [0.25, 0.3) is 5.52 Å². The summed E-state index contributed by atoms with van der Waals surface area (Å²) in [5.41, 5.74) is 3.64. The van der Waals surface area contributed by atoms with Gasteiger partial charge in [0.2, 0.25) is 0 Å². The number of hydrogen-bond acceptors (Lipinski definition) is 3. The van der Waals surface area contributed by atoms with Gasteiger partial charge in [-0.3, -0.25) is 0 Å². The molecule has 2 heterocycles. The number of rotatable bonds is 5. The van der Waals surface area contributed by atoms with Crippen molar-refractivity contribution in [3.63, 3.8) is 0 Å². The minimum absolute atomic E-state index is 0.00176. The van der Waals surface area contributed by atoms with Crippen LogP contribution < -0.4 is 5.32 Å². The maximum absolute atomic E-state index is 13.3. The highest BCUT2D eigenvalue weighted by Gasteiger charge is 2.35. The molecule has 2 aliphatic carbocycles. The molecule has 1 fully saturated rings. The molecule has 0 aliphatic heterocycles. The molecule has 4 rings (SSSR count). The van der Waals surface area contributed by atoms with Crippen molar-refractivity contribution in [3.05, 3.63) is 65.5 Å². The number of aromatic nitrogens is 3. The van der Waals surface area contributed by atoms with E-state index in [2.05, 4.69) is 41.1 Å². The molecule has 7 heteroatoms. The van der Waals surface area contributed by atoms with E-state index in [1.165, 1.54) is 10.8 Å². The Bertz CT molecular complexity index is 964. The van der Waals surface area contributed by atoms with Gasteiger partial charge in [0.15, 0.2) is 0 Å². The summed E-state index contributed by atoms with van der Waals surface area (Å²) in [5, 5.41) is 7.80. The number of alkyl halides is 3. The fourth-order valence-corrected chi connectivity index (χ4v) is 4.06. The molecule has 0 radical (unpaired) electrons. The maximum atomic E-state index is 13.3. The molecule has 0 aromatic carbocycles. The topological polar surface area (TPSA) is 42.2 Å². The third kappa shape index (κ3) is 3.23. The monoisotopic (exact) mass is 388 g/mol. The lowest BCUT2D eigenvalue weighted by atomic mass is 9.77. The zero-order valence-electron chi connectivity index (χ0n) is 15.8. The molecule has 148 valence electrons. The van der Waals surface area contributed by atoms with Crippen LogP contribution >= 0.6 is 0 Å². The minimum Gasteiger partial charge on any atom is -0.362 e. The van der Waals surface area contributed by atoms with Gasteiger partial charge in [-0.1, -0.05) is 32.1 Å². The van der Waals surface area contributed by atoms with Crippen LogP contribution in [0, 0.1) is 0 Å². The summed E-state index contributed by atoms with van der Waals surface area (Å²) in [4.78, 5) is 3.58. The normalized spacial score (nSPS) is 20.5. The molecule has 28 heavy (non-hydrogen) atoms. The average molecular weight is 388 g/mol. The Hall–Kier alpha value is -2.57. The van der Waals surface area contributed by atoms with Crippen LogP contribution in [-0.2, 0) is 6.18 Å². The summed E-state index contributed by atoms with van der Waals surface area (Å²) in [5.74, 6) is 0.321. The van der Waals surface area contributed by atoms with E-state index in [0.717, 1.165) is 54.3 Å². The van der Waals surface area contributed by atoms with Crippen LogP contribution in [0.15, 0.2) is 48.6 Å². The van der Waals surface area contributed by atoms with Gasteiger partial charge in [-0.2, -0.15) is 18.3 Å². The van der Waals surface area contributed by atoms with Crippen LogP contribution in [0.3, 0.4) is 0 Å². The number of nitrogens with one attached hydrogen (secondary N) is 1. The molecule has 0 amide bonds. The Labute approximate surface area is 161 Å². The summed E-state index contributed by atoms with van der Waals surface area (Å²) in [6.07, 6.45) is 7.38. The van der Waals surface area contributed by atoms with E-state index in [-0.39, 0.29) is 5.92 Å². The van der Waals surface area contributed by atoms with E-state index in [0.29, 0.717) is 17.9 Å². The van der Waals surface area contributed by atoms with E-state index in [4.69, 9.17) is 0 Å². The first kappa shape index (κ1) is 18.8. The SMILES string of the molecule is C=CNC1=CCC(c2c(C3CCC3)nn3cnc(C(F)(F)F)cc23)C=C1CC. The highest BCUT2D eigenvalue weighted by molar-refractivity contribution is 5.62. The molecule has 0 saturated heterocycles. The second-order valence-corrected chi connectivity index (χ2v) is 7.38. The third-order valence-corrected chi connectivity index (χ3v) is 5.71. The second-order valence-electron chi connectivity index (χ2n) is 7.38. The standard InChI is InChI=1S/C21H23F3N4/c1-3-13-10-15(8-9-16(13)25-4-2)19-17-11-18(21(22,23)24)26-12-28(17)27-20(19)14-6-5-7-14/h4,9-12,14-15,25H,2-3,5-8H2,1H3. The second kappa shape index (κ2) is 7.11. The lowest BCUT2D eigenvalue weighted by Gasteiger charge is -2.27. The molecular formula is C21H23F3N4. The fourth-order valence-electron chi connectivity index (χ4n) is 4.06. The molecule has 2 aromatic rings. The molecule has 2 aliphatic rings. The summed E-state index contributed by atoms with van der Waals surface area (Å²) >= 11 is 0. The zero-order valence-corrected chi connectivity index (χ0v) is 15.8. The third-order valence-electron chi connectivity index (χ3n) is 5.71. The van der Waals surface area contributed by atoms with Crippen LogP contribution in [-0.4, -0.2) is 14.6 Å². The van der Waals surface area contributed by atoms with E-state index in [1.807, 2.05) is 0 Å². The Morgan fingerprint density at radius 2 is 2.14 bits per heavy atom. The van der Waals surface area contributed by atoms with E-state index in [1.54, 1.807) is 6.20 Å². The quantitative estimate of drug-likeness (QED) is 0.740. The van der Waals surface area contributed by atoms with Gasteiger partial charge < -0.3 is 5.32 Å². The van der Waals surface area contributed by atoms with E-state index in [9.17, 15) is 13.2 Å². The molecule has 1 N–H and O–H groups in total. The first-order chi connectivity index (χ1) is 13.4. The summed E-state index contributed by atoms with van der Waals surface area (Å²) in [6, 6.07) is 1.14. The van der Waals surface area contributed by atoms with Crippen molar-refractivity contribution < 1.29 is 13.2 Å². The van der Waals surface area contributed by atoms with Crippen molar-refractivity contribution in [3.8, 4) is 0 Å². The molecule has 1 unspecified atom stereocenters. The summed E-state index contributed by atoms with van der Waals surface area (Å²) in [6.45, 7) is 5.79. The molecular weight excluding hydrogens is 365 g/mol. The number of hydrogen-bond donors (Lipinski definition) is 1. The van der Waals surface area contributed by atoms with Crippen molar-refractivity contribution >= 4 is 5.52 Å². The Balaban J connectivity index is 1.84. The van der Waals surface area contributed by atoms with Crippen molar-refractivity contribution in [1.29, 1.82) is 0 Å².